The van der Waals surface area contributed by atoms with Gasteiger partial charge in [0.15, 0.2) is 5.69 Å². The summed E-state index contributed by atoms with van der Waals surface area (Å²) in [4.78, 5) is 3.89. The molecule has 0 aliphatic carbocycles. The number of aryl methyl sites for hydroxylation is 1. The Bertz CT molecular complexity index is 575. The Kier molecular flexibility index (Phi) is 3.25. The smallest absolute Gasteiger partial charge is 0.261 e. The van der Waals surface area contributed by atoms with Crippen LogP contribution >= 0.6 is 23.2 Å². The molecule has 0 atom stereocenters. The van der Waals surface area contributed by atoms with Crippen LogP contribution in [0.1, 0.15) is 5.69 Å². The van der Waals surface area contributed by atoms with E-state index in [9.17, 15) is 13.2 Å². The Morgan fingerprint density at radius 2 is 1.89 bits per heavy atom. The van der Waals surface area contributed by atoms with Crippen molar-refractivity contribution in [2.45, 2.75) is 6.18 Å². The zero-order valence-corrected chi connectivity index (χ0v) is 10.5. The molecular formula is C10H6Cl2F3N3. The molecule has 0 amide bonds. The van der Waals surface area contributed by atoms with Crippen LogP contribution in [0.25, 0.3) is 11.4 Å². The van der Waals surface area contributed by atoms with Crippen molar-refractivity contribution in [3.05, 3.63) is 34.1 Å². The Morgan fingerprint density at radius 3 is 2.33 bits per heavy atom. The highest BCUT2D eigenvalue weighted by molar-refractivity contribution is 6.33. The molecule has 0 spiro atoms. The molecule has 2 aromatic rings. The lowest BCUT2D eigenvalue weighted by Crippen LogP contribution is -2.12. The molecule has 0 aliphatic rings. The maximum absolute atomic E-state index is 12.7. The summed E-state index contributed by atoms with van der Waals surface area (Å²) in [6, 6.07) is 2.96. The van der Waals surface area contributed by atoms with Gasteiger partial charge >= 0.3 is 6.18 Å². The van der Waals surface area contributed by atoms with Crippen LogP contribution in [0.2, 0.25) is 10.0 Å². The molecule has 3 nitrogen and oxygen atoms in total. The lowest BCUT2D eigenvalue weighted by atomic mass is 10.2. The Morgan fingerprint density at radius 1 is 1.22 bits per heavy atom. The van der Waals surface area contributed by atoms with Crippen molar-refractivity contribution in [3.8, 4) is 11.4 Å². The topological polar surface area (TPSA) is 30.7 Å². The van der Waals surface area contributed by atoms with Gasteiger partial charge < -0.3 is 0 Å². The van der Waals surface area contributed by atoms with E-state index in [1.165, 1.54) is 25.4 Å². The SMILES string of the molecule is Cn1nc(-c2ccc(Cl)cn2)c(Cl)c1C(F)(F)F. The van der Waals surface area contributed by atoms with Gasteiger partial charge in [0.25, 0.3) is 0 Å². The van der Waals surface area contributed by atoms with Gasteiger partial charge in [-0.15, -0.1) is 0 Å². The molecule has 0 fully saturated rings. The summed E-state index contributed by atoms with van der Waals surface area (Å²) in [5, 5.41) is 3.64. The number of alkyl halides is 3. The molecule has 8 heteroatoms. The highest BCUT2D eigenvalue weighted by atomic mass is 35.5. The summed E-state index contributed by atoms with van der Waals surface area (Å²) >= 11 is 11.4. The molecule has 0 radical (unpaired) electrons. The van der Waals surface area contributed by atoms with E-state index < -0.39 is 16.9 Å². The van der Waals surface area contributed by atoms with Gasteiger partial charge in [-0.1, -0.05) is 23.2 Å². The summed E-state index contributed by atoms with van der Waals surface area (Å²) < 4.78 is 38.8. The van der Waals surface area contributed by atoms with E-state index in [2.05, 4.69) is 10.1 Å². The average molecular weight is 296 g/mol. The van der Waals surface area contributed by atoms with Crippen LogP contribution in [0.5, 0.6) is 0 Å². The molecule has 0 saturated carbocycles. The van der Waals surface area contributed by atoms with E-state index in [-0.39, 0.29) is 11.4 Å². The Hall–Kier alpha value is -1.27. The quantitative estimate of drug-likeness (QED) is 0.801. The first-order valence-electron chi connectivity index (χ1n) is 4.72. The third kappa shape index (κ3) is 2.30. The molecule has 18 heavy (non-hydrogen) atoms. The second-order valence-corrected chi connectivity index (χ2v) is 4.31. The summed E-state index contributed by atoms with van der Waals surface area (Å²) in [7, 11) is 1.17. The average Bonchev–Trinajstić information content (AvgIpc) is 2.54. The van der Waals surface area contributed by atoms with Crippen molar-refractivity contribution in [1.29, 1.82) is 0 Å². The fourth-order valence-electron chi connectivity index (χ4n) is 1.49. The van der Waals surface area contributed by atoms with Crippen LogP contribution < -0.4 is 0 Å². The van der Waals surface area contributed by atoms with Crippen LogP contribution in [0.3, 0.4) is 0 Å². The fraction of sp³-hybridized carbons (Fsp3) is 0.200. The van der Waals surface area contributed by atoms with Gasteiger partial charge in [0.2, 0.25) is 0 Å². The molecule has 2 aromatic heterocycles. The maximum Gasteiger partial charge on any atom is 0.434 e. The van der Waals surface area contributed by atoms with Gasteiger partial charge in [-0.25, -0.2) is 0 Å². The molecule has 0 saturated heterocycles. The molecule has 0 bridgehead atoms. The standard InChI is InChI=1S/C10H6Cl2F3N3/c1-18-9(10(13,14)15)7(12)8(17-18)6-3-2-5(11)4-16-6/h2-4H,1H3. The van der Waals surface area contributed by atoms with Crippen LogP contribution in [-0.4, -0.2) is 14.8 Å². The summed E-state index contributed by atoms with van der Waals surface area (Å²) in [6.07, 6.45) is -3.25. The second-order valence-electron chi connectivity index (χ2n) is 3.49. The second kappa shape index (κ2) is 4.44. The number of aromatic nitrogens is 3. The summed E-state index contributed by atoms with van der Waals surface area (Å²) in [5.74, 6) is 0. The van der Waals surface area contributed by atoms with Crippen molar-refractivity contribution in [2.75, 3.05) is 0 Å². The first-order chi connectivity index (χ1) is 8.30. The van der Waals surface area contributed by atoms with Gasteiger partial charge in [-0.05, 0) is 12.1 Å². The lowest BCUT2D eigenvalue weighted by Gasteiger charge is -2.06. The first-order valence-corrected chi connectivity index (χ1v) is 5.48. The zero-order chi connectivity index (χ0) is 13.5. The van der Waals surface area contributed by atoms with Crippen LogP contribution in [0, 0.1) is 0 Å². The molecule has 0 aromatic carbocycles. The Balaban J connectivity index is 2.57. The first kappa shape index (κ1) is 13.2. The predicted octanol–water partition coefficient (Wildman–Crippen LogP) is 3.81. The third-order valence-electron chi connectivity index (χ3n) is 2.23. The van der Waals surface area contributed by atoms with Crippen molar-refractivity contribution >= 4 is 23.2 Å². The molecule has 2 rings (SSSR count). The Labute approximate surface area is 110 Å². The van der Waals surface area contributed by atoms with E-state index >= 15 is 0 Å². The largest absolute Gasteiger partial charge is 0.434 e. The molecule has 0 aliphatic heterocycles. The number of pyridine rings is 1. The predicted molar refractivity (Wildman–Crippen MR) is 61.5 cm³/mol. The van der Waals surface area contributed by atoms with E-state index in [4.69, 9.17) is 23.2 Å². The number of halogens is 5. The van der Waals surface area contributed by atoms with E-state index in [0.29, 0.717) is 9.70 Å². The van der Waals surface area contributed by atoms with E-state index in [1.807, 2.05) is 0 Å². The van der Waals surface area contributed by atoms with Crippen molar-refractivity contribution < 1.29 is 13.2 Å². The molecule has 0 N–H and O–H groups in total. The fourth-order valence-corrected chi connectivity index (χ4v) is 1.96. The highest BCUT2D eigenvalue weighted by Crippen LogP contribution is 2.38. The molecule has 2 heterocycles. The molecular weight excluding hydrogens is 290 g/mol. The number of nitrogens with zero attached hydrogens (tertiary/aromatic N) is 3. The van der Waals surface area contributed by atoms with Crippen LogP contribution in [0.4, 0.5) is 13.2 Å². The third-order valence-corrected chi connectivity index (χ3v) is 2.81. The normalized spacial score (nSPS) is 11.9. The van der Waals surface area contributed by atoms with E-state index in [1.54, 1.807) is 0 Å². The van der Waals surface area contributed by atoms with Crippen molar-refractivity contribution in [1.82, 2.24) is 14.8 Å². The lowest BCUT2D eigenvalue weighted by molar-refractivity contribution is -0.143. The van der Waals surface area contributed by atoms with Gasteiger partial charge in [0.1, 0.15) is 10.7 Å². The zero-order valence-electron chi connectivity index (χ0n) is 8.96. The monoisotopic (exact) mass is 295 g/mol. The van der Waals surface area contributed by atoms with Crippen LogP contribution in [-0.2, 0) is 13.2 Å². The minimum atomic E-state index is -4.57. The summed E-state index contributed by atoms with van der Waals surface area (Å²) in [5.41, 5.74) is -0.797. The van der Waals surface area contributed by atoms with Crippen molar-refractivity contribution in [3.63, 3.8) is 0 Å². The van der Waals surface area contributed by atoms with Gasteiger partial charge in [0.05, 0.1) is 10.7 Å². The molecule has 96 valence electrons. The number of rotatable bonds is 1. The minimum Gasteiger partial charge on any atom is -0.261 e. The minimum absolute atomic E-state index is 0.0249. The van der Waals surface area contributed by atoms with Gasteiger partial charge in [-0.2, -0.15) is 18.3 Å². The highest BCUT2D eigenvalue weighted by Gasteiger charge is 2.39. The van der Waals surface area contributed by atoms with E-state index in [0.717, 1.165) is 0 Å². The van der Waals surface area contributed by atoms with Crippen LogP contribution in [0.15, 0.2) is 18.3 Å². The molecule has 0 unspecified atom stereocenters. The van der Waals surface area contributed by atoms with Gasteiger partial charge in [-0.3, -0.25) is 9.67 Å². The number of hydrogen-bond acceptors (Lipinski definition) is 2. The maximum atomic E-state index is 12.7. The van der Waals surface area contributed by atoms with Crippen molar-refractivity contribution in [2.24, 2.45) is 7.05 Å². The summed E-state index contributed by atoms with van der Waals surface area (Å²) in [6.45, 7) is 0. The van der Waals surface area contributed by atoms with Gasteiger partial charge in [0, 0.05) is 13.2 Å². The number of hydrogen-bond donors (Lipinski definition) is 0.